The first kappa shape index (κ1) is 9.18. The molecule has 2 N–H and O–H groups in total. The maximum atomic E-state index is 10.5. The predicted octanol–water partition coefficient (Wildman–Crippen LogP) is 0.773. The van der Waals surface area contributed by atoms with Crippen molar-refractivity contribution < 1.29 is 9.90 Å². The van der Waals surface area contributed by atoms with Crippen LogP contribution in [-0.2, 0) is 0 Å². The minimum absolute atomic E-state index is 0.0263. The van der Waals surface area contributed by atoms with Crippen LogP contribution in [0, 0.1) is 0 Å². The summed E-state index contributed by atoms with van der Waals surface area (Å²) in [6.45, 7) is 4.00. The molecule has 5 nitrogen and oxygen atoms in total. The molecule has 0 spiro atoms. The van der Waals surface area contributed by atoms with Gasteiger partial charge in [-0.1, -0.05) is 6.08 Å². The van der Waals surface area contributed by atoms with Crippen LogP contribution in [0.25, 0.3) is 0 Å². The number of aromatic nitrogens is 2. The molecule has 0 saturated heterocycles. The molecule has 5 heteroatoms. The molecule has 0 radical (unpaired) electrons. The molecule has 68 valence electrons. The average Bonchev–Trinajstić information content (AvgIpc) is 2.15. The zero-order chi connectivity index (χ0) is 9.68. The van der Waals surface area contributed by atoms with Crippen molar-refractivity contribution in [2.75, 3.05) is 11.9 Å². The molecule has 0 saturated carbocycles. The first-order chi connectivity index (χ1) is 6.24. The first-order valence-electron chi connectivity index (χ1n) is 3.65. The number of hydrogen-bond donors (Lipinski definition) is 2. The van der Waals surface area contributed by atoms with Crippen LogP contribution in [0.5, 0.6) is 0 Å². The normalized spacial score (nSPS) is 9.23. The van der Waals surface area contributed by atoms with Gasteiger partial charge in [0.2, 0.25) is 5.95 Å². The Kier molecular flexibility index (Phi) is 2.97. The molecular formula is C8H9N3O2. The van der Waals surface area contributed by atoms with Gasteiger partial charge in [0.05, 0.1) is 0 Å². The Balaban J connectivity index is 2.79. The van der Waals surface area contributed by atoms with Crippen LogP contribution in [0.15, 0.2) is 24.9 Å². The fourth-order valence-corrected chi connectivity index (χ4v) is 0.726. The van der Waals surface area contributed by atoms with Gasteiger partial charge in [0.1, 0.15) is 0 Å². The summed E-state index contributed by atoms with van der Waals surface area (Å²) in [6.07, 6.45) is 3.03. The summed E-state index contributed by atoms with van der Waals surface area (Å²) in [5.74, 6) is -0.774. The molecule has 0 aliphatic rings. The smallest absolute Gasteiger partial charge is 0.354 e. The van der Waals surface area contributed by atoms with Gasteiger partial charge in [-0.2, -0.15) is 0 Å². The minimum atomic E-state index is -1.07. The highest BCUT2D eigenvalue weighted by molar-refractivity contribution is 5.85. The maximum absolute atomic E-state index is 10.5. The van der Waals surface area contributed by atoms with Crippen LogP contribution in [0.1, 0.15) is 10.5 Å². The van der Waals surface area contributed by atoms with Crippen molar-refractivity contribution in [1.82, 2.24) is 9.97 Å². The summed E-state index contributed by atoms with van der Waals surface area (Å²) in [7, 11) is 0. The van der Waals surface area contributed by atoms with Gasteiger partial charge in [-0.05, 0) is 6.07 Å². The lowest BCUT2D eigenvalue weighted by Crippen LogP contribution is -2.07. The van der Waals surface area contributed by atoms with E-state index in [0.717, 1.165) is 0 Å². The second kappa shape index (κ2) is 4.20. The SMILES string of the molecule is C=CCNc1nccc(C(=O)O)n1. The first-order valence-corrected chi connectivity index (χ1v) is 3.65. The van der Waals surface area contributed by atoms with E-state index in [2.05, 4.69) is 21.9 Å². The lowest BCUT2D eigenvalue weighted by molar-refractivity contribution is 0.0690. The summed E-state index contributed by atoms with van der Waals surface area (Å²) in [4.78, 5) is 18.1. The third kappa shape index (κ3) is 2.55. The van der Waals surface area contributed by atoms with Gasteiger partial charge in [0.25, 0.3) is 0 Å². The number of nitrogens with one attached hydrogen (secondary N) is 1. The molecule has 0 bridgehead atoms. The summed E-state index contributed by atoms with van der Waals surface area (Å²) < 4.78 is 0. The van der Waals surface area contributed by atoms with E-state index in [1.165, 1.54) is 12.3 Å². The van der Waals surface area contributed by atoms with Crippen LogP contribution in [-0.4, -0.2) is 27.6 Å². The van der Waals surface area contributed by atoms with E-state index in [-0.39, 0.29) is 5.69 Å². The summed E-state index contributed by atoms with van der Waals surface area (Å²) in [5.41, 5.74) is -0.0263. The van der Waals surface area contributed by atoms with Gasteiger partial charge < -0.3 is 10.4 Å². The van der Waals surface area contributed by atoms with Gasteiger partial charge in [-0.15, -0.1) is 6.58 Å². The van der Waals surface area contributed by atoms with Crippen molar-refractivity contribution in [3.63, 3.8) is 0 Å². The van der Waals surface area contributed by atoms with Crippen molar-refractivity contribution in [3.8, 4) is 0 Å². The highest BCUT2D eigenvalue weighted by atomic mass is 16.4. The molecule has 0 unspecified atom stereocenters. The number of hydrogen-bond acceptors (Lipinski definition) is 4. The monoisotopic (exact) mass is 179 g/mol. The Morgan fingerprint density at radius 1 is 1.77 bits per heavy atom. The Bertz CT molecular complexity index is 325. The zero-order valence-electron chi connectivity index (χ0n) is 6.90. The van der Waals surface area contributed by atoms with E-state index < -0.39 is 5.97 Å². The molecular weight excluding hydrogens is 170 g/mol. The number of carbonyl (C=O) groups is 1. The number of anilines is 1. The van der Waals surface area contributed by atoms with E-state index in [4.69, 9.17) is 5.11 Å². The second-order valence-electron chi connectivity index (χ2n) is 2.24. The highest BCUT2D eigenvalue weighted by Gasteiger charge is 2.04. The molecule has 1 heterocycles. The van der Waals surface area contributed by atoms with Crippen molar-refractivity contribution in [2.45, 2.75) is 0 Å². The second-order valence-corrected chi connectivity index (χ2v) is 2.24. The summed E-state index contributed by atoms with van der Waals surface area (Å²) in [6, 6.07) is 1.33. The van der Waals surface area contributed by atoms with Crippen LogP contribution < -0.4 is 5.32 Å². The fourth-order valence-electron chi connectivity index (χ4n) is 0.726. The number of aromatic carboxylic acids is 1. The molecule has 0 aromatic carbocycles. The maximum Gasteiger partial charge on any atom is 0.354 e. The van der Waals surface area contributed by atoms with Crippen LogP contribution >= 0.6 is 0 Å². The quantitative estimate of drug-likeness (QED) is 0.668. The molecule has 13 heavy (non-hydrogen) atoms. The number of nitrogens with zero attached hydrogens (tertiary/aromatic N) is 2. The van der Waals surface area contributed by atoms with Gasteiger partial charge in [-0.25, -0.2) is 14.8 Å². The van der Waals surface area contributed by atoms with Gasteiger partial charge >= 0.3 is 5.97 Å². The van der Waals surface area contributed by atoms with Crippen molar-refractivity contribution in [1.29, 1.82) is 0 Å². The fraction of sp³-hybridized carbons (Fsp3) is 0.125. The molecule has 0 fully saturated rings. The minimum Gasteiger partial charge on any atom is -0.477 e. The average molecular weight is 179 g/mol. The third-order valence-corrected chi connectivity index (χ3v) is 1.28. The Hall–Kier alpha value is -1.91. The molecule has 1 aromatic rings. The van der Waals surface area contributed by atoms with Crippen molar-refractivity contribution in [3.05, 3.63) is 30.6 Å². The van der Waals surface area contributed by atoms with Crippen LogP contribution in [0.2, 0.25) is 0 Å². The van der Waals surface area contributed by atoms with Gasteiger partial charge in [-0.3, -0.25) is 0 Å². The molecule has 0 aliphatic heterocycles. The van der Waals surface area contributed by atoms with E-state index >= 15 is 0 Å². The lowest BCUT2D eigenvalue weighted by atomic mass is 10.4. The zero-order valence-corrected chi connectivity index (χ0v) is 6.90. The van der Waals surface area contributed by atoms with Crippen molar-refractivity contribution in [2.24, 2.45) is 0 Å². The lowest BCUT2D eigenvalue weighted by Gasteiger charge is -2.00. The molecule has 1 aromatic heterocycles. The summed E-state index contributed by atoms with van der Waals surface area (Å²) in [5, 5.41) is 11.4. The van der Waals surface area contributed by atoms with E-state index in [1.807, 2.05) is 0 Å². The Morgan fingerprint density at radius 2 is 2.54 bits per heavy atom. The highest BCUT2D eigenvalue weighted by Crippen LogP contribution is 1.99. The van der Waals surface area contributed by atoms with E-state index in [9.17, 15) is 4.79 Å². The van der Waals surface area contributed by atoms with Gasteiger partial charge in [0.15, 0.2) is 5.69 Å². The van der Waals surface area contributed by atoms with E-state index in [1.54, 1.807) is 6.08 Å². The molecule has 0 atom stereocenters. The standard InChI is InChI=1S/C8H9N3O2/c1-2-4-9-8-10-5-3-6(11-8)7(12)13/h2-3,5H,1,4H2,(H,12,13)(H,9,10,11). The third-order valence-electron chi connectivity index (χ3n) is 1.28. The number of carboxylic acid groups (broad SMARTS) is 1. The van der Waals surface area contributed by atoms with Gasteiger partial charge in [0, 0.05) is 12.7 Å². The number of carboxylic acids is 1. The largest absolute Gasteiger partial charge is 0.477 e. The van der Waals surface area contributed by atoms with Crippen LogP contribution in [0.4, 0.5) is 5.95 Å². The molecule has 1 rings (SSSR count). The molecule has 0 amide bonds. The predicted molar refractivity (Wildman–Crippen MR) is 47.7 cm³/mol. The topological polar surface area (TPSA) is 75.1 Å². The van der Waals surface area contributed by atoms with Crippen LogP contribution in [0.3, 0.4) is 0 Å². The summed E-state index contributed by atoms with van der Waals surface area (Å²) >= 11 is 0. The number of rotatable bonds is 4. The molecule has 0 aliphatic carbocycles. The Labute approximate surface area is 75.1 Å². The van der Waals surface area contributed by atoms with E-state index in [0.29, 0.717) is 12.5 Å². The van der Waals surface area contributed by atoms with Crippen molar-refractivity contribution >= 4 is 11.9 Å². The Morgan fingerprint density at radius 3 is 3.15 bits per heavy atom.